The van der Waals surface area contributed by atoms with E-state index in [0.29, 0.717) is 0 Å². The van der Waals surface area contributed by atoms with Gasteiger partial charge >= 0.3 is 0 Å². The predicted octanol–water partition coefficient (Wildman–Crippen LogP) is 4.88. The number of carbonyl (C=O) groups excluding carboxylic acids is 1. The zero-order chi connectivity index (χ0) is 20.1. The van der Waals surface area contributed by atoms with Crippen LogP contribution in [-0.4, -0.2) is 28.9 Å². The smallest absolute Gasteiger partial charge is 0.221 e. The maximum Gasteiger partial charge on any atom is 0.221 e. The Morgan fingerprint density at radius 1 is 1.17 bits per heavy atom. The summed E-state index contributed by atoms with van der Waals surface area (Å²) in [6, 6.07) is 16.7. The number of benzene rings is 1. The molecule has 1 aliphatic heterocycles. The minimum atomic E-state index is -0.0388. The summed E-state index contributed by atoms with van der Waals surface area (Å²) in [5.41, 5.74) is 4.88. The summed E-state index contributed by atoms with van der Waals surface area (Å²) < 4.78 is 0. The molecule has 3 aromatic rings. The quantitative estimate of drug-likeness (QED) is 0.609. The molecule has 2 aromatic heterocycles. The largest absolute Gasteiger partial charge is 0.326 e. The zero-order valence-electron chi connectivity index (χ0n) is 16.8. The maximum atomic E-state index is 11.2. The Kier molecular flexibility index (Phi) is 6.07. The highest BCUT2D eigenvalue weighted by molar-refractivity contribution is 7.07. The van der Waals surface area contributed by atoms with Crippen LogP contribution in [0.15, 0.2) is 65.5 Å². The van der Waals surface area contributed by atoms with Crippen LogP contribution in [0, 0.1) is 0 Å². The van der Waals surface area contributed by atoms with Crippen LogP contribution in [0.3, 0.4) is 0 Å². The fraction of sp³-hybridized carbons (Fsp3) is 0.333. The van der Waals surface area contributed by atoms with Gasteiger partial charge in [-0.1, -0.05) is 18.2 Å². The summed E-state index contributed by atoms with van der Waals surface area (Å²) >= 11 is 1.77. The first-order valence-corrected chi connectivity index (χ1v) is 11.1. The van der Waals surface area contributed by atoms with E-state index >= 15 is 0 Å². The Morgan fingerprint density at radius 2 is 2.03 bits per heavy atom. The van der Waals surface area contributed by atoms with Gasteiger partial charge < -0.3 is 5.32 Å². The molecule has 4 nitrogen and oxygen atoms in total. The van der Waals surface area contributed by atoms with Crippen molar-refractivity contribution < 1.29 is 4.79 Å². The Hall–Kier alpha value is -2.50. The summed E-state index contributed by atoms with van der Waals surface area (Å²) in [5.74, 6) is -0.0388. The number of nitrogens with zero attached hydrogens (tertiary/aromatic N) is 2. The number of aromatic nitrogens is 1. The van der Waals surface area contributed by atoms with E-state index in [1.165, 1.54) is 23.7 Å². The van der Waals surface area contributed by atoms with E-state index in [0.717, 1.165) is 44.6 Å². The minimum Gasteiger partial charge on any atom is -0.326 e. The number of hydrogen-bond acceptors (Lipinski definition) is 4. The van der Waals surface area contributed by atoms with Crippen molar-refractivity contribution in [3.8, 4) is 0 Å². The number of amides is 1. The van der Waals surface area contributed by atoms with Crippen molar-refractivity contribution in [1.29, 1.82) is 0 Å². The van der Waals surface area contributed by atoms with Crippen LogP contribution in [-0.2, 0) is 23.2 Å². The number of aryl methyl sites for hydroxylation is 1. The van der Waals surface area contributed by atoms with Crippen LogP contribution in [0.25, 0.3) is 0 Å². The number of hydrogen-bond donors (Lipinski definition) is 1. The van der Waals surface area contributed by atoms with Gasteiger partial charge in [-0.2, -0.15) is 11.3 Å². The van der Waals surface area contributed by atoms with E-state index in [2.05, 4.69) is 51.3 Å². The molecule has 1 N–H and O–H groups in total. The third-order valence-electron chi connectivity index (χ3n) is 5.79. The van der Waals surface area contributed by atoms with Crippen molar-refractivity contribution in [3.05, 3.63) is 82.3 Å². The van der Waals surface area contributed by atoms with Gasteiger partial charge in [0.1, 0.15) is 0 Å². The van der Waals surface area contributed by atoms with Gasteiger partial charge in [-0.25, -0.2) is 0 Å². The Labute approximate surface area is 176 Å². The van der Waals surface area contributed by atoms with Gasteiger partial charge in [0.2, 0.25) is 5.91 Å². The average molecular weight is 406 g/mol. The molecule has 1 atom stereocenters. The average Bonchev–Trinajstić information content (AvgIpc) is 3.39. The van der Waals surface area contributed by atoms with E-state index in [9.17, 15) is 4.79 Å². The van der Waals surface area contributed by atoms with Crippen LogP contribution in [0.5, 0.6) is 0 Å². The molecule has 5 heteroatoms. The number of likely N-dealkylation sites (tertiary alicyclic amines) is 1. The Bertz CT molecular complexity index is 925. The van der Waals surface area contributed by atoms with E-state index in [1.807, 2.05) is 24.4 Å². The van der Waals surface area contributed by atoms with E-state index in [-0.39, 0.29) is 11.3 Å². The van der Waals surface area contributed by atoms with E-state index in [1.54, 1.807) is 11.3 Å². The molecule has 0 radical (unpaired) electrons. The predicted molar refractivity (Wildman–Crippen MR) is 119 cm³/mol. The molecular weight excluding hydrogens is 378 g/mol. The van der Waals surface area contributed by atoms with Crippen molar-refractivity contribution in [2.45, 2.75) is 38.1 Å². The van der Waals surface area contributed by atoms with Crippen molar-refractivity contribution >= 4 is 22.9 Å². The maximum absolute atomic E-state index is 11.2. The molecule has 4 rings (SSSR count). The fourth-order valence-corrected chi connectivity index (χ4v) is 4.99. The molecule has 29 heavy (non-hydrogen) atoms. The normalized spacial score (nSPS) is 19.3. The highest BCUT2D eigenvalue weighted by Gasteiger charge is 2.40. The number of thiophene rings is 1. The zero-order valence-corrected chi connectivity index (χ0v) is 17.6. The fourth-order valence-electron chi connectivity index (χ4n) is 4.28. The monoisotopic (exact) mass is 405 g/mol. The molecule has 1 fully saturated rings. The lowest BCUT2D eigenvalue weighted by Gasteiger charge is -2.29. The molecule has 1 aromatic carbocycles. The van der Waals surface area contributed by atoms with Crippen LogP contribution in [0.2, 0.25) is 0 Å². The SMILES string of the molecule is CC(=O)Nc1ccc(CN2CCC(CCc3ccsc3)(c3ccccn3)C2)cc1. The lowest BCUT2D eigenvalue weighted by molar-refractivity contribution is -0.114. The van der Waals surface area contributed by atoms with E-state index in [4.69, 9.17) is 4.98 Å². The summed E-state index contributed by atoms with van der Waals surface area (Å²) in [5, 5.41) is 7.25. The van der Waals surface area contributed by atoms with Crippen molar-refractivity contribution in [1.82, 2.24) is 9.88 Å². The Balaban J connectivity index is 1.46. The first kappa shape index (κ1) is 19.8. The molecule has 3 heterocycles. The third kappa shape index (κ3) is 4.92. The second-order valence-corrected chi connectivity index (χ2v) is 8.75. The molecule has 1 unspecified atom stereocenters. The number of carbonyl (C=O) groups is 1. The molecule has 150 valence electrons. The highest BCUT2D eigenvalue weighted by Crippen LogP contribution is 2.38. The summed E-state index contributed by atoms with van der Waals surface area (Å²) in [6.07, 6.45) is 5.28. The van der Waals surface area contributed by atoms with Crippen LogP contribution < -0.4 is 5.32 Å². The lowest BCUT2D eigenvalue weighted by Crippen LogP contribution is -2.32. The van der Waals surface area contributed by atoms with Crippen LogP contribution in [0.4, 0.5) is 5.69 Å². The molecule has 0 spiro atoms. The second kappa shape index (κ2) is 8.89. The van der Waals surface area contributed by atoms with Gasteiger partial charge in [-0.15, -0.1) is 0 Å². The molecule has 1 aliphatic rings. The summed E-state index contributed by atoms with van der Waals surface area (Å²) in [6.45, 7) is 4.56. The van der Waals surface area contributed by atoms with Gasteiger partial charge in [0.25, 0.3) is 0 Å². The summed E-state index contributed by atoms with van der Waals surface area (Å²) in [4.78, 5) is 18.5. The molecule has 1 saturated heterocycles. The van der Waals surface area contributed by atoms with Crippen molar-refractivity contribution in [2.75, 3.05) is 18.4 Å². The van der Waals surface area contributed by atoms with Gasteiger partial charge in [-0.05, 0) is 78.0 Å². The first-order chi connectivity index (χ1) is 14.1. The molecular formula is C24H27N3OS. The van der Waals surface area contributed by atoms with E-state index < -0.39 is 0 Å². The first-order valence-electron chi connectivity index (χ1n) is 10.1. The van der Waals surface area contributed by atoms with Crippen LogP contribution >= 0.6 is 11.3 Å². The molecule has 0 bridgehead atoms. The minimum absolute atomic E-state index is 0.0388. The lowest BCUT2D eigenvalue weighted by atomic mass is 9.78. The van der Waals surface area contributed by atoms with Gasteiger partial charge in [0, 0.05) is 43.0 Å². The molecule has 0 aliphatic carbocycles. The molecule has 1 amide bonds. The van der Waals surface area contributed by atoms with Crippen molar-refractivity contribution in [3.63, 3.8) is 0 Å². The Morgan fingerprint density at radius 3 is 2.72 bits per heavy atom. The highest BCUT2D eigenvalue weighted by atomic mass is 32.1. The number of anilines is 1. The number of nitrogens with one attached hydrogen (secondary N) is 1. The van der Waals surface area contributed by atoms with Gasteiger partial charge in [-0.3, -0.25) is 14.7 Å². The standard InChI is InChI=1S/C24H27N3OS/c1-19(28)26-22-7-5-20(6-8-22)16-27-14-12-24(18-27,23-4-2-3-13-25-23)11-9-21-10-15-29-17-21/h2-8,10,13,15,17H,9,11-12,14,16,18H2,1H3,(H,26,28). The van der Waals surface area contributed by atoms with Gasteiger partial charge in [0.05, 0.1) is 0 Å². The third-order valence-corrected chi connectivity index (χ3v) is 6.53. The van der Waals surface area contributed by atoms with Gasteiger partial charge in [0.15, 0.2) is 0 Å². The van der Waals surface area contributed by atoms with Crippen LogP contribution in [0.1, 0.15) is 36.6 Å². The van der Waals surface area contributed by atoms with Crippen molar-refractivity contribution in [2.24, 2.45) is 0 Å². The topological polar surface area (TPSA) is 45.2 Å². The number of pyridine rings is 1. The number of rotatable bonds is 7. The second-order valence-electron chi connectivity index (χ2n) is 7.97. The summed E-state index contributed by atoms with van der Waals surface area (Å²) in [7, 11) is 0. The molecule has 0 saturated carbocycles.